The number of hydrogen-bond donors (Lipinski definition) is 2. The fourth-order valence-electron chi connectivity index (χ4n) is 0.379. The summed E-state index contributed by atoms with van der Waals surface area (Å²) in [7, 11) is 0. The molecule has 0 aliphatic carbocycles. The quantitative estimate of drug-likeness (QED) is 0.531. The van der Waals surface area contributed by atoms with E-state index in [1.54, 1.807) is 12.1 Å². The lowest BCUT2D eigenvalue weighted by Gasteiger charge is -2.14. The Bertz CT molecular complexity index is 237. The monoisotopic (exact) mass is 153 g/mol. The molecule has 0 spiro atoms. The van der Waals surface area contributed by atoms with Crippen LogP contribution >= 0.6 is 0 Å². The predicted octanol–water partition coefficient (Wildman–Crippen LogP) is -0.534. The van der Waals surface area contributed by atoms with E-state index in [0.29, 0.717) is 0 Å². The molecule has 0 radical (unpaired) electrons. The molecule has 0 rings (SSSR count). The number of rotatable bonds is 3. The minimum atomic E-state index is -1.66. The van der Waals surface area contributed by atoms with Crippen LogP contribution in [0.1, 0.15) is 6.92 Å². The second kappa shape index (κ2) is 3.55. The Morgan fingerprint density at radius 2 is 2.27 bits per heavy atom. The van der Waals surface area contributed by atoms with E-state index in [9.17, 15) is 4.79 Å². The maximum absolute atomic E-state index is 10.4. The van der Waals surface area contributed by atoms with Gasteiger partial charge in [-0.1, -0.05) is 0 Å². The number of aliphatic carboxylic acids is 1. The molecule has 0 unspecified atom stereocenters. The van der Waals surface area contributed by atoms with Gasteiger partial charge in [-0.3, -0.25) is 5.32 Å². The van der Waals surface area contributed by atoms with E-state index >= 15 is 0 Å². The van der Waals surface area contributed by atoms with Crippen molar-refractivity contribution < 1.29 is 9.90 Å². The van der Waals surface area contributed by atoms with Gasteiger partial charge in [-0.05, 0) is 6.92 Å². The summed E-state index contributed by atoms with van der Waals surface area (Å²) < 4.78 is 0. The molecule has 0 aromatic carbocycles. The first-order valence-corrected chi connectivity index (χ1v) is 2.83. The summed E-state index contributed by atoms with van der Waals surface area (Å²) in [6.45, 7) is 1.04. The Labute approximate surface area is 63.9 Å². The van der Waals surface area contributed by atoms with Crippen LogP contribution in [-0.4, -0.2) is 23.2 Å². The molecule has 1 atom stereocenters. The lowest BCUT2D eigenvalue weighted by molar-refractivity contribution is -0.141. The van der Waals surface area contributed by atoms with Gasteiger partial charge in [0.1, 0.15) is 0 Å². The van der Waals surface area contributed by atoms with Crippen molar-refractivity contribution >= 4 is 5.97 Å². The molecule has 0 saturated carbocycles. The maximum Gasteiger partial charge on any atom is 0.338 e. The molecule has 0 aromatic rings. The molecule has 0 fully saturated rings. The maximum atomic E-state index is 10.4. The summed E-state index contributed by atoms with van der Waals surface area (Å²) >= 11 is 0. The highest BCUT2D eigenvalue weighted by molar-refractivity contribution is 5.81. The number of nitriles is 2. The van der Waals surface area contributed by atoms with Crippen LogP contribution < -0.4 is 5.32 Å². The topological polar surface area (TPSA) is 96.9 Å². The normalized spacial score (nSPS) is 14.1. The third kappa shape index (κ3) is 2.24. The average molecular weight is 153 g/mol. The van der Waals surface area contributed by atoms with Gasteiger partial charge in [0, 0.05) is 0 Å². The summed E-state index contributed by atoms with van der Waals surface area (Å²) in [4.78, 5) is 10.4. The molecule has 0 amide bonds. The molecular formula is C6H7N3O2. The standard InChI is InChI=1S/C6H7N3O2/c1-6(4-8,5(10)11)9-3-2-7/h9H,3H2,1H3,(H,10,11)/t6-/m1/s1. The van der Waals surface area contributed by atoms with Crippen molar-refractivity contribution in [1.82, 2.24) is 5.32 Å². The molecule has 2 N–H and O–H groups in total. The number of carboxylic acid groups (broad SMARTS) is 1. The van der Waals surface area contributed by atoms with Gasteiger partial charge >= 0.3 is 5.97 Å². The predicted molar refractivity (Wildman–Crippen MR) is 35.3 cm³/mol. The summed E-state index contributed by atoms with van der Waals surface area (Å²) in [5.41, 5.74) is -1.66. The molecule has 0 bridgehead atoms. The second-order valence-corrected chi connectivity index (χ2v) is 2.05. The molecule has 0 heterocycles. The van der Waals surface area contributed by atoms with E-state index in [2.05, 4.69) is 5.32 Å². The molecule has 5 nitrogen and oxygen atoms in total. The van der Waals surface area contributed by atoms with Gasteiger partial charge in [0.15, 0.2) is 0 Å². The highest BCUT2D eigenvalue weighted by Crippen LogP contribution is 1.99. The van der Waals surface area contributed by atoms with E-state index in [-0.39, 0.29) is 6.54 Å². The first kappa shape index (κ1) is 9.41. The number of hydrogen-bond acceptors (Lipinski definition) is 4. The highest BCUT2D eigenvalue weighted by atomic mass is 16.4. The Balaban J connectivity index is 4.29. The van der Waals surface area contributed by atoms with Crippen molar-refractivity contribution in [3.8, 4) is 12.1 Å². The van der Waals surface area contributed by atoms with Crippen molar-refractivity contribution in [2.75, 3.05) is 6.54 Å². The van der Waals surface area contributed by atoms with Gasteiger partial charge in [-0.15, -0.1) is 0 Å². The van der Waals surface area contributed by atoms with Gasteiger partial charge in [0.2, 0.25) is 5.54 Å². The average Bonchev–Trinajstić information content (AvgIpc) is 2.00. The van der Waals surface area contributed by atoms with Crippen LogP contribution in [0.15, 0.2) is 0 Å². The second-order valence-electron chi connectivity index (χ2n) is 2.05. The smallest absolute Gasteiger partial charge is 0.338 e. The Hall–Kier alpha value is -1.59. The van der Waals surface area contributed by atoms with E-state index in [1.165, 1.54) is 6.92 Å². The first-order chi connectivity index (χ1) is 5.06. The summed E-state index contributed by atoms with van der Waals surface area (Å²) in [6.07, 6.45) is 0. The van der Waals surface area contributed by atoms with Crippen LogP contribution in [0.25, 0.3) is 0 Å². The van der Waals surface area contributed by atoms with Crippen LogP contribution in [-0.2, 0) is 4.79 Å². The van der Waals surface area contributed by atoms with E-state index in [0.717, 1.165) is 0 Å². The molecule has 0 aliphatic rings. The third-order valence-corrected chi connectivity index (χ3v) is 1.17. The van der Waals surface area contributed by atoms with E-state index in [1.807, 2.05) is 0 Å². The van der Waals surface area contributed by atoms with Gasteiger partial charge in [-0.25, -0.2) is 4.79 Å². The zero-order chi connectivity index (χ0) is 8.91. The van der Waals surface area contributed by atoms with Crippen LogP contribution in [0.5, 0.6) is 0 Å². The van der Waals surface area contributed by atoms with Crippen molar-refractivity contribution in [3.05, 3.63) is 0 Å². The number of nitrogens with one attached hydrogen (secondary N) is 1. The molecule has 58 valence electrons. The van der Waals surface area contributed by atoms with Crippen molar-refractivity contribution in [2.45, 2.75) is 12.5 Å². The minimum Gasteiger partial charge on any atom is -0.479 e. The van der Waals surface area contributed by atoms with E-state index in [4.69, 9.17) is 15.6 Å². The fourth-order valence-corrected chi connectivity index (χ4v) is 0.379. The lowest BCUT2D eigenvalue weighted by Crippen LogP contribution is -2.48. The van der Waals surface area contributed by atoms with Crippen molar-refractivity contribution in [3.63, 3.8) is 0 Å². The van der Waals surface area contributed by atoms with Crippen molar-refractivity contribution in [1.29, 1.82) is 10.5 Å². The number of nitrogens with zero attached hydrogens (tertiary/aromatic N) is 2. The number of carboxylic acids is 1. The zero-order valence-electron chi connectivity index (χ0n) is 5.96. The minimum absolute atomic E-state index is 0.156. The SMILES string of the molecule is C[C@](C#N)(NCC#N)C(=O)O. The van der Waals surface area contributed by atoms with E-state index < -0.39 is 11.5 Å². The van der Waals surface area contributed by atoms with Crippen LogP contribution in [0.3, 0.4) is 0 Å². The third-order valence-electron chi connectivity index (χ3n) is 1.17. The molecule has 0 aromatic heterocycles. The molecule has 5 heteroatoms. The van der Waals surface area contributed by atoms with Crippen LogP contribution in [0, 0.1) is 22.7 Å². The Morgan fingerprint density at radius 1 is 1.73 bits per heavy atom. The summed E-state index contributed by atoms with van der Waals surface area (Å²) in [5, 5.41) is 27.2. The van der Waals surface area contributed by atoms with Crippen molar-refractivity contribution in [2.24, 2.45) is 0 Å². The molecule has 11 heavy (non-hydrogen) atoms. The summed E-state index contributed by atoms with van der Waals surface area (Å²) in [6, 6.07) is 3.24. The Kier molecular flexibility index (Phi) is 3.03. The first-order valence-electron chi connectivity index (χ1n) is 2.83. The van der Waals surface area contributed by atoms with Crippen LogP contribution in [0.2, 0.25) is 0 Å². The number of carbonyl (C=O) groups is 1. The summed E-state index contributed by atoms with van der Waals surface area (Å²) in [5.74, 6) is -1.28. The van der Waals surface area contributed by atoms with Gasteiger partial charge in [-0.2, -0.15) is 10.5 Å². The lowest BCUT2D eigenvalue weighted by atomic mass is 10.1. The fraction of sp³-hybridized carbons (Fsp3) is 0.500. The van der Waals surface area contributed by atoms with Gasteiger partial charge in [0.25, 0.3) is 0 Å². The van der Waals surface area contributed by atoms with Crippen LogP contribution in [0.4, 0.5) is 0 Å². The van der Waals surface area contributed by atoms with Gasteiger partial charge < -0.3 is 5.11 Å². The largest absolute Gasteiger partial charge is 0.479 e. The zero-order valence-corrected chi connectivity index (χ0v) is 5.96. The van der Waals surface area contributed by atoms with Gasteiger partial charge in [0.05, 0.1) is 18.7 Å². The molecular weight excluding hydrogens is 146 g/mol. The Morgan fingerprint density at radius 3 is 2.55 bits per heavy atom. The molecule has 0 aliphatic heterocycles. The molecule has 0 saturated heterocycles. The highest BCUT2D eigenvalue weighted by Gasteiger charge is 2.32.